The van der Waals surface area contributed by atoms with Crippen molar-refractivity contribution >= 4 is 5.91 Å². The van der Waals surface area contributed by atoms with Gasteiger partial charge in [0.05, 0.1) is 5.41 Å². The van der Waals surface area contributed by atoms with Gasteiger partial charge < -0.3 is 10.6 Å². The van der Waals surface area contributed by atoms with E-state index in [1.165, 1.54) is 24.8 Å². The zero-order valence-corrected chi connectivity index (χ0v) is 16.9. The summed E-state index contributed by atoms with van der Waals surface area (Å²) in [7, 11) is 0. The van der Waals surface area contributed by atoms with Crippen LogP contribution in [0.15, 0.2) is 30.3 Å². The maximum atomic E-state index is 13.8. The lowest BCUT2D eigenvalue weighted by Gasteiger charge is -2.41. The summed E-state index contributed by atoms with van der Waals surface area (Å²) in [5.41, 5.74) is 1.80. The topological polar surface area (TPSA) is 41.1 Å². The molecule has 0 radical (unpaired) electrons. The SMILES string of the molecule is CCC12CC3CC(c4ccccc4)(C1)CC2(C(=O)N[C@H]1CCN[C@@H](C)C1)C3. The molecule has 4 saturated carbocycles. The number of piperidine rings is 1. The molecule has 0 aromatic heterocycles. The van der Waals surface area contributed by atoms with Crippen molar-refractivity contribution in [3.05, 3.63) is 35.9 Å². The van der Waals surface area contributed by atoms with Gasteiger partial charge in [0, 0.05) is 12.1 Å². The quantitative estimate of drug-likeness (QED) is 0.840. The van der Waals surface area contributed by atoms with Gasteiger partial charge in [0.25, 0.3) is 0 Å². The van der Waals surface area contributed by atoms with Crippen molar-refractivity contribution in [1.29, 1.82) is 0 Å². The van der Waals surface area contributed by atoms with E-state index in [0.29, 0.717) is 18.0 Å². The van der Waals surface area contributed by atoms with E-state index in [4.69, 9.17) is 0 Å². The molecule has 3 nitrogen and oxygen atoms in total. The summed E-state index contributed by atoms with van der Waals surface area (Å²) in [6, 6.07) is 12.0. The van der Waals surface area contributed by atoms with E-state index in [1.54, 1.807) is 0 Å². The molecule has 5 fully saturated rings. The Morgan fingerprint density at radius 2 is 2.00 bits per heavy atom. The van der Waals surface area contributed by atoms with Crippen LogP contribution in [-0.4, -0.2) is 24.5 Å². The van der Waals surface area contributed by atoms with E-state index in [-0.39, 0.29) is 16.2 Å². The first-order chi connectivity index (χ1) is 13.0. The van der Waals surface area contributed by atoms with Crippen LogP contribution in [0.3, 0.4) is 0 Å². The van der Waals surface area contributed by atoms with E-state index in [9.17, 15) is 4.79 Å². The maximum Gasteiger partial charge on any atom is 0.227 e. The van der Waals surface area contributed by atoms with Crippen LogP contribution in [-0.2, 0) is 10.2 Å². The second-order valence-electron chi connectivity index (χ2n) is 10.2. The molecule has 1 saturated heterocycles. The molecule has 0 spiro atoms. The second kappa shape index (κ2) is 6.07. The zero-order chi connectivity index (χ0) is 18.7. The third-order valence-corrected chi connectivity index (χ3v) is 8.78. The Hall–Kier alpha value is -1.35. The van der Waals surface area contributed by atoms with Crippen LogP contribution < -0.4 is 10.6 Å². The number of hydrogen-bond donors (Lipinski definition) is 2. The van der Waals surface area contributed by atoms with Crippen LogP contribution in [0, 0.1) is 16.7 Å². The Morgan fingerprint density at radius 1 is 1.19 bits per heavy atom. The van der Waals surface area contributed by atoms with Crippen LogP contribution in [0.2, 0.25) is 0 Å². The number of hydrogen-bond acceptors (Lipinski definition) is 2. The molecule has 1 aliphatic heterocycles. The Labute approximate surface area is 163 Å². The highest BCUT2D eigenvalue weighted by Gasteiger charge is 2.73. The van der Waals surface area contributed by atoms with Crippen LogP contribution in [0.5, 0.6) is 0 Å². The van der Waals surface area contributed by atoms with Gasteiger partial charge in [-0.3, -0.25) is 4.79 Å². The second-order valence-corrected chi connectivity index (χ2v) is 10.2. The lowest BCUT2D eigenvalue weighted by Crippen LogP contribution is -2.53. The molecule has 5 aliphatic rings. The van der Waals surface area contributed by atoms with Gasteiger partial charge in [0.2, 0.25) is 5.91 Å². The van der Waals surface area contributed by atoms with Gasteiger partial charge in [-0.1, -0.05) is 37.3 Å². The number of rotatable bonds is 4. The molecule has 2 N–H and O–H groups in total. The standard InChI is InChI=1S/C24H34N2O/c1-3-23-13-18-12-22(15-23,19-7-5-4-6-8-19)16-24(23,14-18)21(27)26-20-9-10-25-17(2)11-20/h4-8,17-18,20,25H,3,9-16H2,1-2H3,(H,26,27)/t17-,18?,20-,22?,23?,24?/m0/s1. The normalized spacial score (nSPS) is 45.2. The Balaban J connectivity index is 1.47. The third kappa shape index (κ3) is 2.46. The minimum absolute atomic E-state index is 0.130. The molecule has 27 heavy (non-hydrogen) atoms. The molecule has 4 aliphatic carbocycles. The number of carbonyl (C=O) groups excluding carboxylic acids is 1. The fraction of sp³-hybridized carbons (Fsp3) is 0.708. The maximum absolute atomic E-state index is 13.8. The minimum atomic E-state index is -0.130. The number of benzene rings is 1. The monoisotopic (exact) mass is 366 g/mol. The first-order valence-corrected chi connectivity index (χ1v) is 11.1. The molecule has 4 unspecified atom stereocenters. The Bertz CT molecular complexity index is 733. The van der Waals surface area contributed by atoms with Crippen molar-refractivity contribution in [2.24, 2.45) is 16.7 Å². The smallest absolute Gasteiger partial charge is 0.227 e. The third-order valence-electron chi connectivity index (χ3n) is 8.78. The fourth-order valence-electron chi connectivity index (χ4n) is 7.88. The van der Waals surface area contributed by atoms with Gasteiger partial charge in [0.1, 0.15) is 0 Å². The molecule has 1 aromatic carbocycles. The van der Waals surface area contributed by atoms with E-state index in [0.717, 1.165) is 44.6 Å². The predicted octanol–water partition coefficient (Wildman–Crippen LogP) is 4.17. The molecule has 146 valence electrons. The fourth-order valence-corrected chi connectivity index (χ4v) is 7.88. The molecule has 1 heterocycles. The largest absolute Gasteiger partial charge is 0.353 e. The van der Waals surface area contributed by atoms with E-state index in [2.05, 4.69) is 54.8 Å². The van der Waals surface area contributed by atoms with E-state index < -0.39 is 0 Å². The zero-order valence-electron chi connectivity index (χ0n) is 16.9. The highest BCUT2D eigenvalue weighted by molar-refractivity contribution is 5.86. The average molecular weight is 367 g/mol. The van der Waals surface area contributed by atoms with Crippen molar-refractivity contribution in [1.82, 2.24) is 10.6 Å². The highest BCUT2D eigenvalue weighted by Crippen LogP contribution is 2.77. The summed E-state index contributed by atoms with van der Waals surface area (Å²) in [6.45, 7) is 5.59. The van der Waals surface area contributed by atoms with Gasteiger partial charge in [-0.15, -0.1) is 0 Å². The lowest BCUT2D eigenvalue weighted by molar-refractivity contribution is -0.137. The van der Waals surface area contributed by atoms with Crippen molar-refractivity contribution in [3.63, 3.8) is 0 Å². The first-order valence-electron chi connectivity index (χ1n) is 11.1. The number of nitrogens with one attached hydrogen (secondary N) is 2. The van der Waals surface area contributed by atoms with Crippen LogP contribution >= 0.6 is 0 Å². The molecular weight excluding hydrogens is 332 g/mol. The van der Waals surface area contributed by atoms with Crippen LogP contribution in [0.1, 0.15) is 70.8 Å². The molecular formula is C24H34N2O. The van der Waals surface area contributed by atoms with Gasteiger partial charge >= 0.3 is 0 Å². The summed E-state index contributed by atoms with van der Waals surface area (Å²) < 4.78 is 0. The first kappa shape index (κ1) is 17.7. The Kier molecular flexibility index (Phi) is 3.99. The minimum Gasteiger partial charge on any atom is -0.353 e. The van der Waals surface area contributed by atoms with Gasteiger partial charge in [0.15, 0.2) is 0 Å². The summed E-state index contributed by atoms with van der Waals surface area (Å²) >= 11 is 0. The predicted molar refractivity (Wildman–Crippen MR) is 108 cm³/mol. The summed E-state index contributed by atoms with van der Waals surface area (Å²) in [5.74, 6) is 1.12. The molecule has 6 rings (SSSR count). The molecule has 6 atom stereocenters. The van der Waals surface area contributed by atoms with Crippen LogP contribution in [0.4, 0.5) is 0 Å². The lowest BCUT2D eigenvalue weighted by atomic mass is 9.63. The summed E-state index contributed by atoms with van der Waals surface area (Å²) in [5, 5.41) is 7.05. The van der Waals surface area contributed by atoms with Crippen molar-refractivity contribution in [2.45, 2.75) is 82.7 Å². The highest BCUT2D eigenvalue weighted by atomic mass is 16.2. The van der Waals surface area contributed by atoms with Crippen LogP contribution in [0.25, 0.3) is 0 Å². The number of amides is 1. The number of carbonyl (C=O) groups is 1. The van der Waals surface area contributed by atoms with E-state index in [1.807, 2.05) is 0 Å². The molecule has 1 amide bonds. The molecule has 4 bridgehead atoms. The van der Waals surface area contributed by atoms with E-state index >= 15 is 0 Å². The summed E-state index contributed by atoms with van der Waals surface area (Å²) in [6.07, 6.45) is 9.25. The van der Waals surface area contributed by atoms with Crippen molar-refractivity contribution in [3.8, 4) is 0 Å². The molecule has 3 heteroatoms. The average Bonchev–Trinajstić information content (AvgIpc) is 3.02. The summed E-state index contributed by atoms with van der Waals surface area (Å²) in [4.78, 5) is 13.8. The van der Waals surface area contributed by atoms with Crippen molar-refractivity contribution in [2.75, 3.05) is 6.54 Å². The Morgan fingerprint density at radius 3 is 2.74 bits per heavy atom. The van der Waals surface area contributed by atoms with Crippen molar-refractivity contribution < 1.29 is 4.79 Å². The van der Waals surface area contributed by atoms with Gasteiger partial charge in [-0.25, -0.2) is 0 Å². The van der Waals surface area contributed by atoms with Gasteiger partial charge in [-0.05, 0) is 87.1 Å². The van der Waals surface area contributed by atoms with Gasteiger partial charge in [-0.2, -0.15) is 0 Å². The molecule has 1 aromatic rings.